The van der Waals surface area contributed by atoms with E-state index in [0.29, 0.717) is 12.0 Å². The van der Waals surface area contributed by atoms with E-state index in [2.05, 4.69) is 19.9 Å². The highest BCUT2D eigenvalue weighted by molar-refractivity contribution is 4.90. The number of hydrogen-bond donors (Lipinski definition) is 0. The van der Waals surface area contributed by atoms with Crippen LogP contribution in [-0.4, -0.2) is 6.10 Å². The summed E-state index contributed by atoms with van der Waals surface area (Å²) in [6, 6.07) is 0. The van der Waals surface area contributed by atoms with Gasteiger partial charge in [-0.15, -0.1) is 0 Å². The first kappa shape index (κ1) is 4.69. The second kappa shape index (κ2) is 1.57. The molecule has 2 atom stereocenters. The van der Waals surface area contributed by atoms with Gasteiger partial charge in [0.05, 0.1) is 6.26 Å². The van der Waals surface area contributed by atoms with E-state index in [1.54, 1.807) is 6.26 Å². The molecule has 0 aliphatic carbocycles. The molecule has 1 heteroatoms. The molecule has 0 saturated heterocycles. The molecule has 0 aromatic rings. The molecule has 40 valence electrons. The second-order valence-electron chi connectivity index (χ2n) is 2.03. The Balaban J connectivity index is 2.45. The lowest BCUT2D eigenvalue weighted by Gasteiger charge is -2.05. The van der Waals surface area contributed by atoms with Gasteiger partial charge in [-0.1, -0.05) is 6.92 Å². The third kappa shape index (κ3) is 0.763. The largest absolute Gasteiger partial charge is 0.498 e. The summed E-state index contributed by atoms with van der Waals surface area (Å²) in [6.07, 6.45) is 4.25. The maximum atomic E-state index is 5.08. The fourth-order valence-electron chi connectivity index (χ4n) is 0.574. The summed E-state index contributed by atoms with van der Waals surface area (Å²) in [6.45, 7) is 4.22. The van der Waals surface area contributed by atoms with Crippen LogP contribution in [0.4, 0.5) is 0 Å². The van der Waals surface area contributed by atoms with Gasteiger partial charge in [-0.2, -0.15) is 0 Å². The lowest BCUT2D eigenvalue weighted by atomic mass is 10.1. The first-order valence-corrected chi connectivity index (χ1v) is 2.63. The quantitative estimate of drug-likeness (QED) is 0.446. The summed E-state index contributed by atoms with van der Waals surface area (Å²) in [7, 11) is 0. The summed E-state index contributed by atoms with van der Waals surface area (Å²) in [5, 5.41) is 0. The predicted octanol–water partition coefficient (Wildman–Crippen LogP) is 1.55. The third-order valence-electron chi connectivity index (χ3n) is 1.42. The van der Waals surface area contributed by atoms with Gasteiger partial charge >= 0.3 is 0 Å². The molecule has 0 saturated carbocycles. The smallest absolute Gasteiger partial charge is 0.101 e. The predicted molar refractivity (Wildman–Crippen MR) is 28.9 cm³/mol. The van der Waals surface area contributed by atoms with Crippen LogP contribution in [0.5, 0.6) is 0 Å². The molecule has 0 radical (unpaired) electrons. The van der Waals surface area contributed by atoms with Crippen LogP contribution in [0, 0.1) is 5.92 Å². The molecule has 1 heterocycles. The Labute approximate surface area is 44.0 Å². The van der Waals surface area contributed by atoms with Crippen LogP contribution < -0.4 is 0 Å². The lowest BCUT2D eigenvalue weighted by Crippen LogP contribution is -2.06. The van der Waals surface area contributed by atoms with Crippen LogP contribution in [0.25, 0.3) is 0 Å². The number of ether oxygens (including phenoxy) is 1. The van der Waals surface area contributed by atoms with E-state index in [0.717, 1.165) is 0 Å². The van der Waals surface area contributed by atoms with Crippen molar-refractivity contribution in [3.05, 3.63) is 12.3 Å². The molecular weight excluding hydrogens is 88.1 g/mol. The van der Waals surface area contributed by atoms with Crippen LogP contribution in [0.15, 0.2) is 12.3 Å². The molecule has 1 aliphatic rings. The van der Waals surface area contributed by atoms with Crippen LogP contribution in [0.3, 0.4) is 0 Å². The van der Waals surface area contributed by atoms with Gasteiger partial charge in [-0.05, 0) is 13.0 Å². The zero-order chi connectivity index (χ0) is 5.28. The minimum Gasteiger partial charge on any atom is -0.498 e. The van der Waals surface area contributed by atoms with Gasteiger partial charge < -0.3 is 4.74 Å². The maximum absolute atomic E-state index is 5.08. The van der Waals surface area contributed by atoms with Gasteiger partial charge in [0.25, 0.3) is 0 Å². The van der Waals surface area contributed by atoms with Crippen molar-refractivity contribution in [1.29, 1.82) is 0 Å². The summed E-state index contributed by atoms with van der Waals surface area (Å²) in [5.74, 6) is 0.611. The van der Waals surface area contributed by atoms with Crippen LogP contribution >= 0.6 is 0 Å². The molecule has 0 aromatic heterocycles. The van der Waals surface area contributed by atoms with Crippen molar-refractivity contribution in [2.24, 2.45) is 5.92 Å². The van der Waals surface area contributed by atoms with Crippen molar-refractivity contribution >= 4 is 0 Å². The van der Waals surface area contributed by atoms with Gasteiger partial charge in [0.15, 0.2) is 0 Å². The third-order valence-corrected chi connectivity index (χ3v) is 1.42. The fraction of sp³-hybridized carbons (Fsp3) is 0.667. The fourth-order valence-corrected chi connectivity index (χ4v) is 0.574. The van der Waals surface area contributed by atoms with E-state index >= 15 is 0 Å². The Morgan fingerprint density at radius 2 is 2.14 bits per heavy atom. The van der Waals surface area contributed by atoms with E-state index < -0.39 is 0 Å². The SMILES string of the molecule is C[C@@H]1OC=C[C@@H]1C. The number of rotatable bonds is 0. The average Bonchev–Trinajstić information content (AvgIpc) is 1.91. The molecule has 0 N–H and O–H groups in total. The summed E-state index contributed by atoms with van der Waals surface area (Å²) >= 11 is 0. The Morgan fingerprint density at radius 3 is 2.29 bits per heavy atom. The summed E-state index contributed by atoms with van der Waals surface area (Å²) < 4.78 is 5.08. The van der Waals surface area contributed by atoms with Crippen molar-refractivity contribution in [2.45, 2.75) is 20.0 Å². The molecule has 1 nitrogen and oxygen atoms in total. The van der Waals surface area contributed by atoms with Crippen LogP contribution in [0.2, 0.25) is 0 Å². The minimum absolute atomic E-state index is 0.403. The van der Waals surface area contributed by atoms with Gasteiger partial charge in [0.2, 0.25) is 0 Å². The highest BCUT2D eigenvalue weighted by Crippen LogP contribution is 2.14. The summed E-state index contributed by atoms with van der Waals surface area (Å²) in [5.41, 5.74) is 0. The Hall–Kier alpha value is -0.460. The van der Waals surface area contributed by atoms with E-state index in [9.17, 15) is 0 Å². The highest BCUT2D eigenvalue weighted by Gasteiger charge is 2.12. The van der Waals surface area contributed by atoms with Gasteiger partial charge in [-0.3, -0.25) is 0 Å². The summed E-state index contributed by atoms with van der Waals surface area (Å²) in [4.78, 5) is 0. The first-order valence-electron chi connectivity index (χ1n) is 2.63. The molecule has 0 aromatic carbocycles. The Kier molecular flexibility index (Phi) is 1.05. The van der Waals surface area contributed by atoms with Crippen molar-refractivity contribution < 1.29 is 4.74 Å². The first-order chi connectivity index (χ1) is 3.30. The van der Waals surface area contributed by atoms with Crippen molar-refractivity contribution in [1.82, 2.24) is 0 Å². The van der Waals surface area contributed by atoms with E-state index in [1.165, 1.54) is 0 Å². The molecule has 0 bridgehead atoms. The zero-order valence-corrected chi connectivity index (χ0v) is 4.72. The standard InChI is InChI=1S/C6H10O/c1-5-3-4-7-6(5)2/h3-6H,1-2H3/t5-,6-/m0/s1. The molecule has 0 amide bonds. The topological polar surface area (TPSA) is 9.23 Å². The van der Waals surface area contributed by atoms with Gasteiger partial charge in [0, 0.05) is 5.92 Å². The van der Waals surface area contributed by atoms with Gasteiger partial charge in [0.1, 0.15) is 6.10 Å². The van der Waals surface area contributed by atoms with Crippen molar-refractivity contribution in [2.75, 3.05) is 0 Å². The normalized spacial score (nSPS) is 38.6. The number of hydrogen-bond acceptors (Lipinski definition) is 1. The van der Waals surface area contributed by atoms with E-state index in [-0.39, 0.29) is 0 Å². The molecule has 7 heavy (non-hydrogen) atoms. The monoisotopic (exact) mass is 98.1 g/mol. The maximum Gasteiger partial charge on any atom is 0.101 e. The van der Waals surface area contributed by atoms with Crippen molar-refractivity contribution in [3.8, 4) is 0 Å². The molecule has 1 rings (SSSR count). The lowest BCUT2D eigenvalue weighted by molar-refractivity contribution is 0.159. The zero-order valence-electron chi connectivity index (χ0n) is 4.72. The van der Waals surface area contributed by atoms with Crippen LogP contribution in [-0.2, 0) is 4.74 Å². The average molecular weight is 98.1 g/mol. The molecule has 1 aliphatic heterocycles. The molecule has 0 unspecified atom stereocenters. The Morgan fingerprint density at radius 1 is 1.43 bits per heavy atom. The minimum atomic E-state index is 0.403. The van der Waals surface area contributed by atoms with E-state index in [4.69, 9.17) is 4.74 Å². The van der Waals surface area contributed by atoms with Crippen LogP contribution in [0.1, 0.15) is 13.8 Å². The van der Waals surface area contributed by atoms with E-state index in [1.807, 2.05) is 0 Å². The molecule has 0 spiro atoms. The second-order valence-corrected chi connectivity index (χ2v) is 2.03. The highest BCUT2D eigenvalue weighted by atomic mass is 16.5. The van der Waals surface area contributed by atoms with Crippen molar-refractivity contribution in [3.63, 3.8) is 0 Å². The molecule has 0 fully saturated rings. The Bertz CT molecular complexity index is 86.2. The van der Waals surface area contributed by atoms with Gasteiger partial charge in [-0.25, -0.2) is 0 Å². The molecular formula is C6H10O.